The first-order valence-electron chi connectivity index (χ1n) is 18.8. The molecule has 0 aromatic rings. The van der Waals surface area contributed by atoms with E-state index in [1.807, 2.05) is 6.92 Å². The predicted molar refractivity (Wildman–Crippen MR) is 200 cm³/mol. The molecule has 0 amide bonds. The molecule has 264 valence electrons. The van der Waals surface area contributed by atoms with Crippen molar-refractivity contribution in [3.8, 4) is 0 Å². The first kappa shape index (κ1) is 42.0. The zero-order chi connectivity index (χ0) is 35.2. The summed E-state index contributed by atoms with van der Waals surface area (Å²) in [6, 6.07) is 0. The summed E-state index contributed by atoms with van der Waals surface area (Å²) in [6.07, 6.45) is 9.94. The van der Waals surface area contributed by atoms with Crippen LogP contribution in [0.4, 0.5) is 0 Å². The number of ether oxygens (including phenoxy) is 2. The average Bonchev–Trinajstić information content (AvgIpc) is 3.58. The minimum absolute atomic E-state index is 0.398. The van der Waals surface area contributed by atoms with E-state index < -0.39 is 0 Å². The molecule has 0 N–H and O–H groups in total. The SMILES string of the molecule is CC1=C(C)C(C)C(C)C1.CC1=CC(C)C(C)C1(C)C.CC1=CC(C)C(C)O1.CC1CC(C)C(C)(C)C1C.CC1CC(C)C(C)O1. The molecular formula is C43H80O2. The Kier molecular flexibility index (Phi) is 16.2. The number of rotatable bonds is 0. The standard InChI is InChI=1S/C10H20.C10H18.C9H16.C7H14O.C7H12O/c2*1-7-6-8(2)10(4,5)9(7)3;1-6-5-7(2)9(4)8(6)3;2*1-5-4-6(2)8-7(5)3/h7-9H,6H2,1-5H3;6-7,9H,1-5H3;6,8H,5H2,1-4H3;5-7H,4H2,1-3H3;4-5,7H,1-3H3. The molecule has 45 heavy (non-hydrogen) atoms. The van der Waals surface area contributed by atoms with E-state index in [1.54, 1.807) is 16.7 Å². The Morgan fingerprint density at radius 1 is 0.622 bits per heavy atom. The Morgan fingerprint density at radius 3 is 1.29 bits per heavy atom. The molecule has 0 bridgehead atoms. The van der Waals surface area contributed by atoms with Crippen LogP contribution in [0.3, 0.4) is 0 Å². The van der Waals surface area contributed by atoms with Gasteiger partial charge in [-0.2, -0.15) is 0 Å². The van der Waals surface area contributed by atoms with E-state index in [1.165, 1.54) is 19.3 Å². The molecular weight excluding hydrogens is 548 g/mol. The molecule has 0 aromatic carbocycles. The molecule has 12 atom stereocenters. The van der Waals surface area contributed by atoms with Gasteiger partial charge in [0, 0.05) is 5.92 Å². The molecule has 2 nitrogen and oxygen atoms in total. The summed E-state index contributed by atoms with van der Waals surface area (Å²) in [7, 11) is 0. The number of hydrogen-bond acceptors (Lipinski definition) is 2. The lowest BCUT2D eigenvalue weighted by Crippen LogP contribution is -2.22. The lowest BCUT2D eigenvalue weighted by atomic mass is 9.76. The maximum Gasteiger partial charge on any atom is 0.101 e. The van der Waals surface area contributed by atoms with Crippen molar-refractivity contribution in [2.24, 2.45) is 64.1 Å². The monoisotopic (exact) mass is 629 g/mol. The number of hydrogen-bond donors (Lipinski definition) is 0. The highest BCUT2D eigenvalue weighted by Gasteiger charge is 2.42. The third kappa shape index (κ3) is 11.6. The molecule has 0 aromatic heterocycles. The van der Waals surface area contributed by atoms with Crippen molar-refractivity contribution in [2.45, 2.75) is 176 Å². The van der Waals surface area contributed by atoms with Gasteiger partial charge in [0.2, 0.25) is 0 Å². The summed E-state index contributed by atoms with van der Waals surface area (Å²) >= 11 is 0. The molecule has 2 heterocycles. The van der Waals surface area contributed by atoms with Crippen molar-refractivity contribution in [1.82, 2.24) is 0 Å². The lowest BCUT2D eigenvalue weighted by Gasteiger charge is -2.29. The molecule has 5 aliphatic rings. The van der Waals surface area contributed by atoms with Crippen LogP contribution in [0.25, 0.3) is 0 Å². The molecule has 2 fully saturated rings. The van der Waals surface area contributed by atoms with E-state index in [9.17, 15) is 0 Å². The molecule has 5 rings (SSSR count). The van der Waals surface area contributed by atoms with E-state index in [0.29, 0.717) is 35.1 Å². The van der Waals surface area contributed by atoms with Gasteiger partial charge in [-0.15, -0.1) is 0 Å². The Hall–Kier alpha value is -1.02. The fourth-order valence-electron chi connectivity index (χ4n) is 7.87. The van der Waals surface area contributed by atoms with E-state index in [2.05, 4.69) is 144 Å². The van der Waals surface area contributed by atoms with Crippen LogP contribution in [0.1, 0.15) is 158 Å². The highest BCUT2D eigenvalue weighted by molar-refractivity contribution is 5.20. The van der Waals surface area contributed by atoms with Crippen molar-refractivity contribution in [1.29, 1.82) is 0 Å². The summed E-state index contributed by atoms with van der Waals surface area (Å²) in [6.45, 7) is 45.6. The van der Waals surface area contributed by atoms with E-state index in [-0.39, 0.29) is 0 Å². The summed E-state index contributed by atoms with van der Waals surface area (Å²) in [5.74, 6) is 8.52. The quantitative estimate of drug-likeness (QED) is 0.248. The second-order valence-corrected chi connectivity index (χ2v) is 17.7. The van der Waals surface area contributed by atoms with Gasteiger partial charge in [-0.25, -0.2) is 0 Å². The van der Waals surface area contributed by atoms with Crippen molar-refractivity contribution in [3.63, 3.8) is 0 Å². The third-order valence-electron chi connectivity index (χ3n) is 13.9. The second-order valence-electron chi connectivity index (χ2n) is 17.7. The summed E-state index contributed by atoms with van der Waals surface area (Å²) in [5.41, 5.74) is 5.84. The summed E-state index contributed by atoms with van der Waals surface area (Å²) in [5, 5.41) is 0. The highest BCUT2D eigenvalue weighted by atomic mass is 16.5. The van der Waals surface area contributed by atoms with Crippen LogP contribution in [0.2, 0.25) is 0 Å². The maximum absolute atomic E-state index is 5.47. The van der Waals surface area contributed by atoms with Gasteiger partial charge >= 0.3 is 0 Å². The number of allylic oxidation sites excluding steroid dienone is 5. The van der Waals surface area contributed by atoms with Gasteiger partial charge in [0.05, 0.1) is 18.0 Å². The van der Waals surface area contributed by atoms with Crippen LogP contribution in [0, 0.1) is 64.1 Å². The molecule has 2 aliphatic heterocycles. The molecule has 12 unspecified atom stereocenters. The molecule has 1 saturated carbocycles. The van der Waals surface area contributed by atoms with Gasteiger partial charge < -0.3 is 9.47 Å². The van der Waals surface area contributed by atoms with Gasteiger partial charge in [0.25, 0.3) is 0 Å². The van der Waals surface area contributed by atoms with Gasteiger partial charge in [0.15, 0.2) is 0 Å². The predicted octanol–water partition coefficient (Wildman–Crippen LogP) is 13.3. The van der Waals surface area contributed by atoms with Crippen LogP contribution in [-0.2, 0) is 9.47 Å². The zero-order valence-electron chi connectivity index (χ0n) is 34.0. The van der Waals surface area contributed by atoms with Crippen molar-refractivity contribution in [3.05, 3.63) is 34.6 Å². The first-order valence-corrected chi connectivity index (χ1v) is 18.8. The van der Waals surface area contributed by atoms with Crippen molar-refractivity contribution < 1.29 is 9.47 Å². The largest absolute Gasteiger partial charge is 0.495 e. The fourth-order valence-corrected chi connectivity index (χ4v) is 7.87. The Morgan fingerprint density at radius 2 is 1.18 bits per heavy atom. The van der Waals surface area contributed by atoms with Crippen LogP contribution in [0.5, 0.6) is 0 Å². The van der Waals surface area contributed by atoms with Crippen LogP contribution in [0.15, 0.2) is 34.6 Å². The minimum atomic E-state index is 0.398. The van der Waals surface area contributed by atoms with Crippen molar-refractivity contribution in [2.75, 3.05) is 0 Å². The van der Waals surface area contributed by atoms with Crippen molar-refractivity contribution >= 4 is 0 Å². The van der Waals surface area contributed by atoms with E-state index >= 15 is 0 Å². The van der Waals surface area contributed by atoms with Gasteiger partial charge in [-0.1, -0.05) is 113 Å². The fraction of sp³-hybridized carbons (Fsp3) is 0.860. The Labute approximate surface area is 283 Å². The average molecular weight is 629 g/mol. The van der Waals surface area contributed by atoms with Crippen LogP contribution in [-0.4, -0.2) is 18.3 Å². The smallest absolute Gasteiger partial charge is 0.101 e. The topological polar surface area (TPSA) is 18.5 Å². The molecule has 0 spiro atoms. The molecule has 1 saturated heterocycles. The van der Waals surface area contributed by atoms with E-state index in [4.69, 9.17) is 9.47 Å². The second kappa shape index (κ2) is 17.4. The zero-order valence-corrected chi connectivity index (χ0v) is 34.0. The first-order chi connectivity index (χ1) is 20.4. The van der Waals surface area contributed by atoms with Gasteiger partial charge in [0.1, 0.15) is 6.10 Å². The normalized spacial score (nSPS) is 40.8. The van der Waals surface area contributed by atoms with Gasteiger partial charge in [-0.05, 0) is 132 Å². The Bertz CT molecular complexity index is 985. The maximum atomic E-state index is 5.47. The summed E-state index contributed by atoms with van der Waals surface area (Å²) < 4.78 is 10.8. The van der Waals surface area contributed by atoms with Crippen LogP contribution >= 0.6 is 0 Å². The van der Waals surface area contributed by atoms with Crippen LogP contribution < -0.4 is 0 Å². The molecule has 0 radical (unpaired) electrons. The minimum Gasteiger partial charge on any atom is -0.495 e. The van der Waals surface area contributed by atoms with Gasteiger partial charge in [-0.3, -0.25) is 0 Å². The molecule has 2 heteroatoms. The Balaban J connectivity index is 0.000000282. The molecule has 3 aliphatic carbocycles. The van der Waals surface area contributed by atoms with E-state index in [0.717, 1.165) is 53.1 Å². The third-order valence-corrected chi connectivity index (χ3v) is 13.9. The summed E-state index contributed by atoms with van der Waals surface area (Å²) in [4.78, 5) is 0. The highest BCUT2D eigenvalue weighted by Crippen LogP contribution is 2.50. The lowest BCUT2D eigenvalue weighted by molar-refractivity contribution is 0.0580.